The summed E-state index contributed by atoms with van der Waals surface area (Å²) in [6.45, 7) is 4.93. The third-order valence-corrected chi connectivity index (χ3v) is 3.88. The molecule has 3 heterocycles. The summed E-state index contributed by atoms with van der Waals surface area (Å²) in [7, 11) is 0. The first-order valence-electron chi connectivity index (χ1n) is 5.44. The molecule has 1 aliphatic heterocycles. The van der Waals surface area contributed by atoms with Gasteiger partial charge >= 0.3 is 0 Å². The molecule has 0 radical (unpaired) electrons. The van der Waals surface area contributed by atoms with Gasteiger partial charge in [-0.15, -0.1) is 10.2 Å². The highest BCUT2D eigenvalue weighted by Gasteiger charge is 2.29. The van der Waals surface area contributed by atoms with Crippen molar-refractivity contribution in [3.05, 3.63) is 22.4 Å². The molecular formula is C10H12ClN5S. The molecule has 7 heteroatoms. The van der Waals surface area contributed by atoms with E-state index in [2.05, 4.69) is 20.2 Å². The number of anilines is 1. The lowest BCUT2D eigenvalue weighted by molar-refractivity contribution is 0.341. The normalized spacial score (nSPS) is 16.2. The maximum Gasteiger partial charge on any atom is 0.208 e. The van der Waals surface area contributed by atoms with E-state index >= 15 is 0 Å². The summed E-state index contributed by atoms with van der Waals surface area (Å²) < 4.78 is 1.90. The largest absolute Gasteiger partial charge is 0.346 e. The number of nitrogens with zero attached hydrogens (tertiary/aromatic N) is 5. The van der Waals surface area contributed by atoms with Crippen molar-refractivity contribution in [1.29, 1.82) is 0 Å². The molecule has 1 aliphatic rings. The molecule has 1 fully saturated rings. The fourth-order valence-corrected chi connectivity index (χ4v) is 2.82. The number of hydrogen-bond acceptors (Lipinski definition) is 5. The van der Waals surface area contributed by atoms with Crippen LogP contribution in [0.5, 0.6) is 0 Å². The summed E-state index contributed by atoms with van der Waals surface area (Å²) in [6.07, 6.45) is 3.53. The molecule has 2 aromatic heterocycles. The van der Waals surface area contributed by atoms with E-state index in [1.54, 1.807) is 17.5 Å². The van der Waals surface area contributed by atoms with E-state index < -0.39 is 0 Å². The van der Waals surface area contributed by atoms with Crippen LogP contribution in [0.3, 0.4) is 0 Å². The molecule has 0 aromatic carbocycles. The molecule has 2 aromatic rings. The summed E-state index contributed by atoms with van der Waals surface area (Å²) in [5, 5.41) is 15.1. The second-order valence-corrected chi connectivity index (χ2v) is 5.85. The Hall–Kier alpha value is -1.14. The Labute approximate surface area is 108 Å². The second-order valence-electron chi connectivity index (χ2n) is 4.26. The fraction of sp³-hybridized carbons (Fsp3) is 0.500. The minimum Gasteiger partial charge on any atom is -0.346 e. The van der Waals surface area contributed by atoms with Gasteiger partial charge in [-0.05, 0) is 6.92 Å². The lowest BCUT2D eigenvalue weighted by Gasteiger charge is -2.38. The van der Waals surface area contributed by atoms with Crippen molar-refractivity contribution in [3.8, 4) is 0 Å². The summed E-state index contributed by atoms with van der Waals surface area (Å²) >= 11 is 7.47. The van der Waals surface area contributed by atoms with E-state index in [1.165, 1.54) is 0 Å². The van der Waals surface area contributed by atoms with Crippen molar-refractivity contribution in [2.24, 2.45) is 5.92 Å². The standard InChI is InChI=1S/C10H12ClN5S/c1-7-13-14-10(17-7)15-3-8(4-15)5-16-6-9(11)2-12-16/h2,6,8H,3-5H2,1H3. The molecule has 5 nitrogen and oxygen atoms in total. The Morgan fingerprint density at radius 3 is 2.88 bits per heavy atom. The van der Waals surface area contributed by atoms with Crippen LogP contribution in [0.25, 0.3) is 0 Å². The zero-order valence-electron chi connectivity index (χ0n) is 9.38. The molecule has 0 saturated carbocycles. The van der Waals surface area contributed by atoms with Gasteiger partial charge in [-0.3, -0.25) is 4.68 Å². The topological polar surface area (TPSA) is 46.8 Å². The smallest absolute Gasteiger partial charge is 0.208 e. The zero-order chi connectivity index (χ0) is 11.8. The van der Waals surface area contributed by atoms with Crippen LogP contribution < -0.4 is 4.90 Å². The van der Waals surface area contributed by atoms with E-state index in [0.717, 1.165) is 29.8 Å². The van der Waals surface area contributed by atoms with E-state index in [1.807, 2.05) is 17.8 Å². The average Bonchev–Trinajstić information content (AvgIpc) is 2.81. The number of aryl methyl sites for hydroxylation is 1. The maximum atomic E-state index is 5.82. The van der Waals surface area contributed by atoms with Crippen molar-refractivity contribution in [2.45, 2.75) is 13.5 Å². The summed E-state index contributed by atoms with van der Waals surface area (Å²) in [4.78, 5) is 2.25. The quantitative estimate of drug-likeness (QED) is 0.853. The van der Waals surface area contributed by atoms with Gasteiger partial charge in [0.1, 0.15) is 5.01 Å². The van der Waals surface area contributed by atoms with E-state index in [-0.39, 0.29) is 0 Å². The first-order valence-corrected chi connectivity index (χ1v) is 6.63. The van der Waals surface area contributed by atoms with Gasteiger partial charge in [0.2, 0.25) is 5.13 Å². The van der Waals surface area contributed by atoms with Crippen LogP contribution in [0.15, 0.2) is 12.4 Å². The zero-order valence-corrected chi connectivity index (χ0v) is 10.9. The highest BCUT2D eigenvalue weighted by Crippen LogP contribution is 2.28. The number of aromatic nitrogens is 4. The third-order valence-electron chi connectivity index (χ3n) is 2.79. The van der Waals surface area contributed by atoms with Crippen LogP contribution >= 0.6 is 22.9 Å². The SMILES string of the molecule is Cc1nnc(N2CC(Cn3cc(Cl)cn3)C2)s1. The molecule has 1 saturated heterocycles. The Kier molecular flexibility index (Phi) is 2.76. The highest BCUT2D eigenvalue weighted by molar-refractivity contribution is 7.15. The van der Waals surface area contributed by atoms with Crippen LogP contribution in [0, 0.1) is 12.8 Å². The third kappa shape index (κ3) is 2.28. The molecule has 0 amide bonds. The molecule has 0 aliphatic carbocycles. The summed E-state index contributed by atoms with van der Waals surface area (Å²) in [5.74, 6) is 0.621. The van der Waals surface area contributed by atoms with Crippen molar-refractivity contribution < 1.29 is 0 Å². The van der Waals surface area contributed by atoms with Crippen LogP contribution in [-0.2, 0) is 6.54 Å². The number of rotatable bonds is 3. The predicted octanol–water partition coefficient (Wildman–Crippen LogP) is 1.83. The summed E-state index contributed by atoms with van der Waals surface area (Å²) in [5.41, 5.74) is 0. The van der Waals surface area contributed by atoms with E-state index in [4.69, 9.17) is 11.6 Å². The molecule has 90 valence electrons. The van der Waals surface area contributed by atoms with Crippen LogP contribution in [0.1, 0.15) is 5.01 Å². The lowest BCUT2D eigenvalue weighted by atomic mass is 10.0. The van der Waals surface area contributed by atoms with Crippen molar-refractivity contribution in [1.82, 2.24) is 20.0 Å². The lowest BCUT2D eigenvalue weighted by Crippen LogP contribution is -2.48. The molecule has 3 rings (SSSR count). The van der Waals surface area contributed by atoms with Gasteiger partial charge < -0.3 is 4.90 Å². The van der Waals surface area contributed by atoms with Gasteiger partial charge in [-0.2, -0.15) is 5.10 Å². The Morgan fingerprint density at radius 1 is 1.47 bits per heavy atom. The second kappa shape index (κ2) is 4.27. The van der Waals surface area contributed by atoms with Crippen LogP contribution in [0.4, 0.5) is 5.13 Å². The molecular weight excluding hydrogens is 258 g/mol. The predicted molar refractivity (Wildman–Crippen MR) is 67.6 cm³/mol. The van der Waals surface area contributed by atoms with Crippen molar-refractivity contribution in [3.63, 3.8) is 0 Å². The number of hydrogen-bond donors (Lipinski definition) is 0. The van der Waals surface area contributed by atoms with E-state index in [0.29, 0.717) is 10.9 Å². The fourth-order valence-electron chi connectivity index (χ4n) is 1.96. The average molecular weight is 270 g/mol. The van der Waals surface area contributed by atoms with Crippen molar-refractivity contribution >= 4 is 28.1 Å². The number of halogens is 1. The van der Waals surface area contributed by atoms with Gasteiger partial charge in [-0.25, -0.2) is 0 Å². The molecule has 0 bridgehead atoms. The van der Waals surface area contributed by atoms with Gasteiger partial charge in [0.15, 0.2) is 0 Å². The molecule has 0 unspecified atom stereocenters. The van der Waals surface area contributed by atoms with Crippen LogP contribution in [-0.4, -0.2) is 33.1 Å². The molecule has 17 heavy (non-hydrogen) atoms. The minimum absolute atomic E-state index is 0.621. The van der Waals surface area contributed by atoms with Crippen molar-refractivity contribution in [2.75, 3.05) is 18.0 Å². The first kappa shape index (κ1) is 11.0. The Bertz CT molecular complexity index is 516. The molecule has 0 N–H and O–H groups in total. The highest BCUT2D eigenvalue weighted by atomic mass is 35.5. The monoisotopic (exact) mass is 269 g/mol. The van der Waals surface area contributed by atoms with Gasteiger partial charge in [0.25, 0.3) is 0 Å². The van der Waals surface area contributed by atoms with E-state index in [9.17, 15) is 0 Å². The summed E-state index contributed by atoms with van der Waals surface area (Å²) in [6, 6.07) is 0. The maximum absolute atomic E-state index is 5.82. The van der Waals surface area contributed by atoms with Crippen LogP contribution in [0.2, 0.25) is 5.02 Å². The molecule has 0 atom stereocenters. The Morgan fingerprint density at radius 2 is 2.29 bits per heavy atom. The Balaban J connectivity index is 1.55. The van der Waals surface area contributed by atoms with Gasteiger partial charge in [0, 0.05) is 31.7 Å². The van der Waals surface area contributed by atoms with Gasteiger partial charge in [-0.1, -0.05) is 22.9 Å². The molecule has 0 spiro atoms. The minimum atomic E-state index is 0.621. The first-order chi connectivity index (χ1) is 8.20. The van der Waals surface area contributed by atoms with Gasteiger partial charge in [0.05, 0.1) is 11.2 Å².